The molecule has 0 aliphatic heterocycles. The van der Waals surface area contributed by atoms with E-state index >= 15 is 0 Å². The fraction of sp³-hybridized carbons (Fsp3) is 0.893. The molecule has 170 valence electrons. The number of ketones is 1. The molecule has 4 aliphatic rings. The standard InChI is InChI=1S/C28H46O2/c1-18(2)8-7-9-19(3)22-10-11-23-26-24(13-15-28(22,23)5)27(4)14-12-21(30-6)16-20(27)17-25(26)29/h17-19,21-24,26H,7-16H2,1-6H3/t19-,21?,22-,23+,24+,26+,27+,28-/m1/s1. The second-order valence-corrected chi connectivity index (χ2v) is 12.4. The number of carbonyl (C=O) groups is 1. The summed E-state index contributed by atoms with van der Waals surface area (Å²) in [5.74, 6) is 4.35. The van der Waals surface area contributed by atoms with Crippen LogP contribution < -0.4 is 0 Å². The number of rotatable bonds is 6. The van der Waals surface area contributed by atoms with Gasteiger partial charge in [0, 0.05) is 13.0 Å². The van der Waals surface area contributed by atoms with Gasteiger partial charge in [-0.25, -0.2) is 0 Å². The van der Waals surface area contributed by atoms with Gasteiger partial charge in [0.1, 0.15) is 0 Å². The van der Waals surface area contributed by atoms with Gasteiger partial charge in [-0.15, -0.1) is 0 Å². The molecule has 3 saturated carbocycles. The van der Waals surface area contributed by atoms with Gasteiger partial charge in [0.05, 0.1) is 6.10 Å². The molecule has 4 aliphatic carbocycles. The van der Waals surface area contributed by atoms with Crippen molar-refractivity contribution in [1.82, 2.24) is 0 Å². The number of allylic oxidation sites excluding steroid dienone is 1. The van der Waals surface area contributed by atoms with Crippen LogP contribution in [0.1, 0.15) is 98.8 Å². The Morgan fingerprint density at radius 1 is 1.03 bits per heavy atom. The second kappa shape index (κ2) is 8.38. The van der Waals surface area contributed by atoms with Gasteiger partial charge in [-0.3, -0.25) is 4.79 Å². The van der Waals surface area contributed by atoms with Crippen LogP contribution in [-0.2, 0) is 9.53 Å². The summed E-state index contributed by atoms with van der Waals surface area (Å²) in [7, 11) is 1.83. The Morgan fingerprint density at radius 2 is 1.80 bits per heavy atom. The Balaban J connectivity index is 1.54. The van der Waals surface area contributed by atoms with Crippen molar-refractivity contribution in [3.05, 3.63) is 11.6 Å². The molecule has 0 aromatic carbocycles. The van der Waals surface area contributed by atoms with E-state index in [2.05, 4.69) is 40.7 Å². The van der Waals surface area contributed by atoms with Gasteiger partial charge in [-0.1, -0.05) is 59.5 Å². The van der Waals surface area contributed by atoms with Crippen LogP contribution in [0, 0.1) is 46.3 Å². The number of fused-ring (bicyclic) bond motifs is 5. The highest BCUT2D eigenvalue weighted by molar-refractivity contribution is 5.94. The summed E-state index contributed by atoms with van der Waals surface area (Å²) in [6.45, 7) is 12.3. The van der Waals surface area contributed by atoms with Crippen LogP contribution >= 0.6 is 0 Å². The maximum atomic E-state index is 13.5. The smallest absolute Gasteiger partial charge is 0.159 e. The lowest BCUT2D eigenvalue weighted by atomic mass is 9.46. The Morgan fingerprint density at radius 3 is 2.50 bits per heavy atom. The summed E-state index contributed by atoms with van der Waals surface area (Å²) in [5, 5.41) is 0. The Bertz CT molecular complexity index is 678. The Labute approximate surface area is 185 Å². The molecule has 8 atom stereocenters. The third kappa shape index (κ3) is 3.63. The highest BCUT2D eigenvalue weighted by Crippen LogP contribution is 2.66. The molecular formula is C28H46O2. The maximum absolute atomic E-state index is 13.5. The van der Waals surface area contributed by atoms with E-state index in [9.17, 15) is 4.79 Å². The lowest BCUT2D eigenvalue weighted by Crippen LogP contribution is -2.53. The average Bonchev–Trinajstić information content (AvgIpc) is 3.05. The molecule has 2 heteroatoms. The topological polar surface area (TPSA) is 26.3 Å². The van der Waals surface area contributed by atoms with Gasteiger partial charge < -0.3 is 4.74 Å². The van der Waals surface area contributed by atoms with E-state index in [0.29, 0.717) is 29.1 Å². The molecular weight excluding hydrogens is 368 g/mol. The summed E-state index contributed by atoms with van der Waals surface area (Å²) >= 11 is 0. The van der Waals surface area contributed by atoms with E-state index in [1.54, 1.807) is 0 Å². The molecule has 0 spiro atoms. The van der Waals surface area contributed by atoms with E-state index in [-0.39, 0.29) is 11.3 Å². The van der Waals surface area contributed by atoms with Crippen molar-refractivity contribution in [2.45, 2.75) is 105 Å². The van der Waals surface area contributed by atoms with E-state index in [4.69, 9.17) is 4.74 Å². The lowest BCUT2D eigenvalue weighted by Gasteiger charge is -2.57. The highest BCUT2D eigenvalue weighted by Gasteiger charge is 2.61. The van der Waals surface area contributed by atoms with Crippen LogP contribution in [0.3, 0.4) is 0 Å². The van der Waals surface area contributed by atoms with Gasteiger partial charge in [-0.2, -0.15) is 0 Å². The number of methoxy groups -OCH3 is 1. The van der Waals surface area contributed by atoms with E-state index < -0.39 is 0 Å². The van der Waals surface area contributed by atoms with Crippen LogP contribution in [0.25, 0.3) is 0 Å². The highest BCUT2D eigenvalue weighted by atomic mass is 16.5. The molecule has 1 unspecified atom stereocenters. The number of hydrogen-bond donors (Lipinski definition) is 0. The quantitative estimate of drug-likeness (QED) is 0.458. The van der Waals surface area contributed by atoms with Crippen molar-refractivity contribution in [2.75, 3.05) is 7.11 Å². The van der Waals surface area contributed by atoms with Crippen molar-refractivity contribution in [2.24, 2.45) is 46.3 Å². The fourth-order valence-electron chi connectivity index (χ4n) is 8.59. The molecule has 0 bridgehead atoms. The first-order valence-corrected chi connectivity index (χ1v) is 13.0. The zero-order valence-electron chi connectivity index (χ0n) is 20.5. The first kappa shape index (κ1) is 22.6. The molecule has 0 amide bonds. The van der Waals surface area contributed by atoms with E-state index in [1.807, 2.05) is 7.11 Å². The van der Waals surface area contributed by atoms with Gasteiger partial charge in [-0.05, 0) is 91.4 Å². The van der Waals surface area contributed by atoms with Crippen LogP contribution in [0.15, 0.2) is 11.6 Å². The summed E-state index contributed by atoms with van der Waals surface area (Å²) in [6, 6.07) is 0. The first-order chi connectivity index (χ1) is 14.2. The molecule has 0 N–H and O–H groups in total. The normalized spacial score (nSPS) is 44.3. The summed E-state index contributed by atoms with van der Waals surface area (Å²) in [4.78, 5) is 13.5. The van der Waals surface area contributed by atoms with Gasteiger partial charge in [0.25, 0.3) is 0 Å². The van der Waals surface area contributed by atoms with Crippen molar-refractivity contribution >= 4 is 5.78 Å². The monoisotopic (exact) mass is 414 g/mol. The van der Waals surface area contributed by atoms with Crippen molar-refractivity contribution < 1.29 is 9.53 Å². The summed E-state index contributed by atoms with van der Waals surface area (Å²) < 4.78 is 5.68. The van der Waals surface area contributed by atoms with Gasteiger partial charge in [0.2, 0.25) is 0 Å². The van der Waals surface area contributed by atoms with E-state index in [0.717, 1.165) is 30.6 Å². The van der Waals surface area contributed by atoms with Gasteiger partial charge >= 0.3 is 0 Å². The zero-order valence-corrected chi connectivity index (χ0v) is 20.5. The minimum Gasteiger partial charge on any atom is -0.381 e. The van der Waals surface area contributed by atoms with Crippen LogP contribution in [0.5, 0.6) is 0 Å². The minimum absolute atomic E-state index is 0.232. The second-order valence-electron chi connectivity index (χ2n) is 12.4. The molecule has 3 fully saturated rings. The maximum Gasteiger partial charge on any atom is 0.159 e. The number of carbonyl (C=O) groups excluding carboxylic acids is 1. The molecule has 0 aromatic heterocycles. The Hall–Kier alpha value is -0.630. The first-order valence-electron chi connectivity index (χ1n) is 13.0. The van der Waals surface area contributed by atoms with Gasteiger partial charge in [0.15, 0.2) is 5.78 Å². The van der Waals surface area contributed by atoms with E-state index in [1.165, 1.54) is 56.9 Å². The molecule has 0 saturated heterocycles. The van der Waals surface area contributed by atoms with Crippen LogP contribution in [0.2, 0.25) is 0 Å². The lowest BCUT2D eigenvalue weighted by molar-refractivity contribution is -0.135. The number of ether oxygens (including phenoxy) is 1. The molecule has 0 heterocycles. The summed E-state index contributed by atoms with van der Waals surface area (Å²) in [6.07, 6.45) is 15.0. The predicted octanol–water partition coefficient (Wildman–Crippen LogP) is 7.22. The molecule has 4 rings (SSSR count). The number of hydrogen-bond acceptors (Lipinski definition) is 2. The molecule has 0 radical (unpaired) electrons. The predicted molar refractivity (Wildman–Crippen MR) is 124 cm³/mol. The van der Waals surface area contributed by atoms with Crippen LogP contribution in [-0.4, -0.2) is 19.0 Å². The van der Waals surface area contributed by atoms with Crippen molar-refractivity contribution in [3.8, 4) is 0 Å². The SMILES string of the molecule is COC1CC[C@@]2(C)C(=CC(=O)[C@H]3[C@@H]4CC[C@H]([C@H](C)CCCC(C)C)[C@@]4(C)CC[C@@H]32)C1. The fourth-order valence-corrected chi connectivity index (χ4v) is 8.59. The zero-order chi connectivity index (χ0) is 21.7. The molecule has 2 nitrogen and oxygen atoms in total. The molecule has 0 aromatic rings. The summed E-state index contributed by atoms with van der Waals surface area (Å²) in [5.41, 5.74) is 2.02. The van der Waals surface area contributed by atoms with Crippen LogP contribution in [0.4, 0.5) is 0 Å². The third-order valence-electron chi connectivity index (χ3n) is 10.4. The van der Waals surface area contributed by atoms with Crippen molar-refractivity contribution in [3.63, 3.8) is 0 Å². The molecule has 30 heavy (non-hydrogen) atoms. The minimum atomic E-state index is 0.232. The average molecular weight is 415 g/mol. The van der Waals surface area contributed by atoms with Crippen molar-refractivity contribution in [1.29, 1.82) is 0 Å². The third-order valence-corrected chi connectivity index (χ3v) is 10.4. The Kier molecular flexibility index (Phi) is 6.30. The largest absolute Gasteiger partial charge is 0.381 e.